The molecule has 0 heterocycles. The van der Waals surface area contributed by atoms with Gasteiger partial charge in [-0.05, 0) is 24.0 Å². The zero-order valence-electron chi connectivity index (χ0n) is 7.13. The van der Waals surface area contributed by atoms with Gasteiger partial charge in [0.05, 0.1) is 0 Å². The van der Waals surface area contributed by atoms with Crippen LogP contribution in [0.25, 0.3) is 0 Å². The standard InChI is InChI=1S/C10H14.BrH/c1-3-9-7-5-6-8-10(9)4-2;/h5-8H,3-4H2,1-2H3;1H. The van der Waals surface area contributed by atoms with E-state index in [-0.39, 0.29) is 17.0 Å². The summed E-state index contributed by atoms with van der Waals surface area (Å²) in [5, 5.41) is 0. The molecule has 0 aliphatic carbocycles. The lowest BCUT2D eigenvalue weighted by atomic mass is 10.0. The molecule has 0 saturated carbocycles. The van der Waals surface area contributed by atoms with Crippen LogP contribution < -0.4 is 0 Å². The normalized spacial score (nSPS) is 8.91. The molecule has 1 aromatic carbocycles. The molecule has 0 saturated heterocycles. The number of halogens is 1. The predicted molar refractivity (Wildman–Crippen MR) is 55.5 cm³/mol. The maximum atomic E-state index is 2.21. The van der Waals surface area contributed by atoms with Gasteiger partial charge in [0.2, 0.25) is 0 Å². The van der Waals surface area contributed by atoms with E-state index < -0.39 is 0 Å². The van der Waals surface area contributed by atoms with Crippen molar-refractivity contribution < 1.29 is 0 Å². The van der Waals surface area contributed by atoms with Gasteiger partial charge in [0.15, 0.2) is 0 Å². The van der Waals surface area contributed by atoms with Crippen LogP contribution in [0, 0.1) is 0 Å². The Balaban J connectivity index is 0.000001000. The predicted octanol–water partition coefficient (Wildman–Crippen LogP) is 3.39. The van der Waals surface area contributed by atoms with Crippen molar-refractivity contribution in [2.75, 3.05) is 0 Å². The van der Waals surface area contributed by atoms with Gasteiger partial charge in [0.1, 0.15) is 0 Å². The second-order valence-electron chi connectivity index (χ2n) is 2.48. The highest BCUT2D eigenvalue weighted by atomic mass is 79.9. The van der Waals surface area contributed by atoms with Crippen LogP contribution in [0.5, 0.6) is 0 Å². The molecule has 1 heteroatoms. The van der Waals surface area contributed by atoms with Crippen molar-refractivity contribution in [1.82, 2.24) is 0 Å². The van der Waals surface area contributed by atoms with Gasteiger partial charge in [-0.2, -0.15) is 0 Å². The van der Waals surface area contributed by atoms with Crippen LogP contribution in [0.1, 0.15) is 25.0 Å². The highest BCUT2D eigenvalue weighted by molar-refractivity contribution is 8.93. The molecule has 0 aliphatic heterocycles. The monoisotopic (exact) mass is 214 g/mol. The molecule has 0 atom stereocenters. The maximum absolute atomic E-state index is 2.21. The number of benzene rings is 1. The number of hydrogen-bond acceptors (Lipinski definition) is 0. The quantitative estimate of drug-likeness (QED) is 0.709. The summed E-state index contributed by atoms with van der Waals surface area (Å²) >= 11 is 0. The van der Waals surface area contributed by atoms with Gasteiger partial charge >= 0.3 is 0 Å². The summed E-state index contributed by atoms with van der Waals surface area (Å²) in [5.41, 5.74) is 2.98. The molecule has 0 spiro atoms. The van der Waals surface area contributed by atoms with Gasteiger partial charge in [-0.3, -0.25) is 0 Å². The first-order valence-corrected chi connectivity index (χ1v) is 3.95. The Morgan fingerprint density at radius 2 is 1.27 bits per heavy atom. The topological polar surface area (TPSA) is 0 Å². The van der Waals surface area contributed by atoms with Crippen molar-refractivity contribution in [1.29, 1.82) is 0 Å². The van der Waals surface area contributed by atoms with Crippen molar-refractivity contribution >= 4 is 17.0 Å². The largest absolute Gasteiger partial charge is 0.114 e. The maximum Gasteiger partial charge on any atom is -0.0305 e. The molecule has 1 rings (SSSR count). The van der Waals surface area contributed by atoms with Crippen molar-refractivity contribution in [2.24, 2.45) is 0 Å². The van der Waals surface area contributed by atoms with E-state index in [4.69, 9.17) is 0 Å². The van der Waals surface area contributed by atoms with E-state index >= 15 is 0 Å². The summed E-state index contributed by atoms with van der Waals surface area (Å²) in [7, 11) is 0. The Morgan fingerprint density at radius 3 is 1.55 bits per heavy atom. The molecular formula is C10H15Br. The zero-order chi connectivity index (χ0) is 7.40. The van der Waals surface area contributed by atoms with Crippen LogP contribution >= 0.6 is 17.0 Å². The minimum atomic E-state index is 0. The molecule has 0 nitrogen and oxygen atoms in total. The fraction of sp³-hybridized carbons (Fsp3) is 0.400. The van der Waals surface area contributed by atoms with Crippen LogP contribution in [-0.4, -0.2) is 0 Å². The minimum absolute atomic E-state index is 0. The molecule has 0 radical (unpaired) electrons. The lowest BCUT2D eigenvalue weighted by molar-refractivity contribution is 1.04. The Bertz CT molecular complexity index is 183. The van der Waals surface area contributed by atoms with Crippen molar-refractivity contribution in [3.8, 4) is 0 Å². The molecule has 0 aromatic heterocycles. The molecule has 0 N–H and O–H groups in total. The summed E-state index contributed by atoms with van der Waals surface area (Å²) in [6, 6.07) is 8.63. The Morgan fingerprint density at radius 1 is 0.909 bits per heavy atom. The molecule has 11 heavy (non-hydrogen) atoms. The summed E-state index contributed by atoms with van der Waals surface area (Å²) in [4.78, 5) is 0. The molecule has 0 bridgehead atoms. The first kappa shape index (κ1) is 10.7. The van der Waals surface area contributed by atoms with Crippen molar-refractivity contribution in [3.05, 3.63) is 35.4 Å². The van der Waals surface area contributed by atoms with Crippen molar-refractivity contribution in [2.45, 2.75) is 26.7 Å². The van der Waals surface area contributed by atoms with Gasteiger partial charge in [-0.1, -0.05) is 38.1 Å². The minimum Gasteiger partial charge on any atom is -0.114 e. The smallest absolute Gasteiger partial charge is 0.0305 e. The van der Waals surface area contributed by atoms with Crippen LogP contribution in [0.3, 0.4) is 0 Å². The van der Waals surface area contributed by atoms with Gasteiger partial charge in [-0.15, -0.1) is 17.0 Å². The van der Waals surface area contributed by atoms with Crippen LogP contribution in [0.15, 0.2) is 24.3 Å². The SMILES string of the molecule is Br.CCc1ccccc1CC. The van der Waals surface area contributed by atoms with E-state index in [2.05, 4.69) is 38.1 Å². The van der Waals surface area contributed by atoms with Gasteiger partial charge in [0.25, 0.3) is 0 Å². The Labute approximate surface area is 79.4 Å². The fourth-order valence-electron chi connectivity index (χ4n) is 1.25. The van der Waals surface area contributed by atoms with Crippen LogP contribution in [0.2, 0.25) is 0 Å². The average molecular weight is 215 g/mol. The molecule has 0 aliphatic rings. The third-order valence-electron chi connectivity index (χ3n) is 1.88. The summed E-state index contributed by atoms with van der Waals surface area (Å²) in [6.07, 6.45) is 2.31. The first-order valence-electron chi connectivity index (χ1n) is 3.95. The number of aryl methyl sites for hydroxylation is 2. The molecule has 0 fully saturated rings. The lowest BCUT2D eigenvalue weighted by Crippen LogP contribution is -1.88. The third-order valence-corrected chi connectivity index (χ3v) is 1.88. The summed E-state index contributed by atoms with van der Waals surface area (Å²) < 4.78 is 0. The Kier molecular flexibility index (Phi) is 5.22. The highest BCUT2D eigenvalue weighted by Gasteiger charge is 1.93. The van der Waals surface area contributed by atoms with E-state index in [1.54, 1.807) is 0 Å². The van der Waals surface area contributed by atoms with Gasteiger partial charge < -0.3 is 0 Å². The first-order chi connectivity index (χ1) is 4.88. The van der Waals surface area contributed by atoms with E-state index in [0.717, 1.165) is 12.8 Å². The zero-order valence-corrected chi connectivity index (χ0v) is 8.84. The number of rotatable bonds is 2. The van der Waals surface area contributed by atoms with E-state index in [9.17, 15) is 0 Å². The fourth-order valence-corrected chi connectivity index (χ4v) is 1.25. The second-order valence-corrected chi connectivity index (χ2v) is 2.48. The van der Waals surface area contributed by atoms with E-state index in [0.29, 0.717) is 0 Å². The molecule has 0 amide bonds. The molecule has 0 unspecified atom stereocenters. The number of hydrogen-bond donors (Lipinski definition) is 0. The Hall–Kier alpha value is -0.300. The summed E-state index contributed by atoms with van der Waals surface area (Å²) in [6.45, 7) is 4.41. The molecular weight excluding hydrogens is 200 g/mol. The van der Waals surface area contributed by atoms with E-state index in [1.165, 1.54) is 11.1 Å². The van der Waals surface area contributed by atoms with Crippen LogP contribution in [-0.2, 0) is 12.8 Å². The highest BCUT2D eigenvalue weighted by Crippen LogP contribution is 2.08. The molecule has 1 aromatic rings. The van der Waals surface area contributed by atoms with E-state index in [1.807, 2.05) is 0 Å². The van der Waals surface area contributed by atoms with Crippen molar-refractivity contribution in [3.63, 3.8) is 0 Å². The van der Waals surface area contributed by atoms with Gasteiger partial charge in [0, 0.05) is 0 Å². The third kappa shape index (κ3) is 2.66. The van der Waals surface area contributed by atoms with Crippen LogP contribution in [0.4, 0.5) is 0 Å². The average Bonchev–Trinajstić information content (AvgIpc) is 2.04. The summed E-state index contributed by atoms with van der Waals surface area (Å²) in [5.74, 6) is 0. The molecule has 62 valence electrons. The van der Waals surface area contributed by atoms with Gasteiger partial charge in [-0.25, -0.2) is 0 Å². The second kappa shape index (κ2) is 5.36. The lowest BCUT2D eigenvalue weighted by Gasteiger charge is -2.02.